The topological polar surface area (TPSA) is 105 Å². The van der Waals surface area contributed by atoms with E-state index in [0.717, 1.165) is 43.1 Å². The first-order valence-corrected chi connectivity index (χ1v) is 13.9. The Labute approximate surface area is 213 Å². The van der Waals surface area contributed by atoms with Crippen LogP contribution in [-0.4, -0.2) is 75.0 Å². The number of piperidine rings is 1. The van der Waals surface area contributed by atoms with E-state index < -0.39 is 6.09 Å². The molecule has 10 heteroatoms. The molecular formula is C25H43N5O4S. The van der Waals surface area contributed by atoms with Crippen molar-refractivity contribution in [2.45, 2.75) is 70.4 Å². The van der Waals surface area contributed by atoms with Crippen molar-refractivity contribution in [2.24, 2.45) is 11.8 Å². The number of nitrogens with zero attached hydrogens (tertiary/aromatic N) is 2. The Kier molecular flexibility index (Phi) is 11.5. The van der Waals surface area contributed by atoms with Crippen LogP contribution in [0, 0.1) is 18.8 Å². The van der Waals surface area contributed by atoms with Gasteiger partial charge in [0.2, 0.25) is 0 Å². The maximum absolute atomic E-state index is 13.3. The number of urea groups is 1. The minimum absolute atomic E-state index is 0.0205. The van der Waals surface area contributed by atoms with Crippen molar-refractivity contribution >= 4 is 23.5 Å². The maximum Gasteiger partial charge on any atom is 0.406 e. The number of hydrogen-bond acceptors (Lipinski definition) is 7. The summed E-state index contributed by atoms with van der Waals surface area (Å²) in [6, 6.07) is 0.168. The first kappa shape index (κ1) is 27.7. The molecule has 3 rings (SSSR count). The second kappa shape index (κ2) is 14.6. The van der Waals surface area contributed by atoms with Crippen LogP contribution >= 0.6 is 11.3 Å². The molecule has 0 aromatic carbocycles. The van der Waals surface area contributed by atoms with E-state index in [-0.39, 0.29) is 24.1 Å². The molecule has 0 unspecified atom stereocenters. The number of nitrogens with one attached hydrogen (secondary N) is 3. The number of thiazole rings is 1. The first-order chi connectivity index (χ1) is 17.0. The molecule has 1 saturated heterocycles. The molecule has 0 spiro atoms. The van der Waals surface area contributed by atoms with Gasteiger partial charge < -0.3 is 30.3 Å². The number of aryl methyl sites for hydroxylation is 1. The van der Waals surface area contributed by atoms with Gasteiger partial charge in [0.1, 0.15) is 11.1 Å². The molecule has 1 aliphatic carbocycles. The quantitative estimate of drug-likeness (QED) is 0.392. The average Bonchev–Trinajstić information content (AvgIpc) is 3.30. The predicted molar refractivity (Wildman–Crippen MR) is 138 cm³/mol. The molecule has 1 aliphatic heterocycles. The fourth-order valence-electron chi connectivity index (χ4n) is 5.30. The lowest BCUT2D eigenvalue weighted by Crippen LogP contribution is -2.52. The van der Waals surface area contributed by atoms with E-state index in [0.29, 0.717) is 25.6 Å². The van der Waals surface area contributed by atoms with Gasteiger partial charge in [-0.05, 0) is 39.2 Å². The van der Waals surface area contributed by atoms with Crippen molar-refractivity contribution in [3.8, 4) is 0 Å². The highest BCUT2D eigenvalue weighted by Crippen LogP contribution is 2.34. The molecule has 3 atom stereocenters. The van der Waals surface area contributed by atoms with Crippen LogP contribution in [0.5, 0.6) is 0 Å². The molecule has 2 aliphatic rings. The minimum Gasteiger partial charge on any atom is -0.453 e. The van der Waals surface area contributed by atoms with Gasteiger partial charge in [-0.15, -0.1) is 11.3 Å². The normalized spacial score (nSPS) is 20.8. The maximum atomic E-state index is 13.3. The zero-order valence-corrected chi connectivity index (χ0v) is 22.3. The van der Waals surface area contributed by atoms with Gasteiger partial charge >= 0.3 is 12.1 Å². The molecule has 3 amide bonds. The zero-order valence-electron chi connectivity index (χ0n) is 21.5. The van der Waals surface area contributed by atoms with Gasteiger partial charge in [-0.25, -0.2) is 14.6 Å². The van der Waals surface area contributed by atoms with E-state index in [2.05, 4.69) is 25.7 Å². The number of alkyl carbamates (subject to hydrolysis) is 1. The van der Waals surface area contributed by atoms with Crippen molar-refractivity contribution in [1.29, 1.82) is 0 Å². The van der Waals surface area contributed by atoms with E-state index in [1.54, 1.807) is 11.3 Å². The van der Waals surface area contributed by atoms with E-state index in [4.69, 9.17) is 4.74 Å². The fraction of sp³-hybridized carbons (Fsp3) is 0.800. The van der Waals surface area contributed by atoms with Crippen molar-refractivity contribution in [2.75, 3.05) is 46.9 Å². The Hall–Kier alpha value is -1.91. The molecule has 3 N–H and O–H groups in total. The van der Waals surface area contributed by atoms with E-state index in [1.165, 1.54) is 39.2 Å². The number of likely N-dealkylation sites (N-methyl/N-ethyl adjacent to an activating group) is 1. The summed E-state index contributed by atoms with van der Waals surface area (Å²) in [7, 11) is 3.29. The molecule has 198 valence electrons. The third-order valence-corrected chi connectivity index (χ3v) is 8.05. The lowest BCUT2D eigenvalue weighted by atomic mass is 9.85. The lowest BCUT2D eigenvalue weighted by molar-refractivity contribution is -0.00881. The van der Waals surface area contributed by atoms with Crippen LogP contribution in [0.2, 0.25) is 0 Å². The highest BCUT2D eigenvalue weighted by molar-refractivity contribution is 7.09. The predicted octanol–water partition coefficient (Wildman–Crippen LogP) is 3.85. The van der Waals surface area contributed by atoms with E-state index in [1.807, 2.05) is 24.3 Å². The van der Waals surface area contributed by atoms with Crippen LogP contribution < -0.4 is 16.0 Å². The summed E-state index contributed by atoms with van der Waals surface area (Å²) in [5.41, 5.74) is 0.967. The number of carbonyl (C=O) groups excluding carboxylic acids is 2. The van der Waals surface area contributed by atoms with Crippen molar-refractivity contribution < 1.29 is 19.1 Å². The van der Waals surface area contributed by atoms with Gasteiger partial charge in [-0.3, -0.25) is 0 Å². The molecule has 1 aromatic rings. The monoisotopic (exact) mass is 509 g/mol. The Morgan fingerprint density at radius 3 is 2.71 bits per heavy atom. The Morgan fingerprint density at radius 2 is 2.03 bits per heavy atom. The summed E-state index contributed by atoms with van der Waals surface area (Å²) in [6.07, 6.45) is 8.78. The molecule has 1 aromatic heterocycles. The summed E-state index contributed by atoms with van der Waals surface area (Å²) >= 11 is 1.59. The molecule has 9 nitrogen and oxygen atoms in total. The SMILES string of the molecule is CNC[C@H](CC1CCCCC1)NC(=O)N1CCC[C@@H]([C@H](OCCNC(=O)OC)c2nc(C)cs2)C1. The van der Waals surface area contributed by atoms with E-state index in [9.17, 15) is 9.59 Å². The van der Waals surface area contributed by atoms with Gasteiger partial charge in [0, 0.05) is 49.2 Å². The van der Waals surface area contributed by atoms with Crippen LogP contribution in [0.15, 0.2) is 5.38 Å². The molecule has 2 heterocycles. The van der Waals surface area contributed by atoms with Gasteiger partial charge in [0.25, 0.3) is 0 Å². The number of hydrogen-bond donors (Lipinski definition) is 3. The second-order valence-electron chi connectivity index (χ2n) is 9.83. The summed E-state index contributed by atoms with van der Waals surface area (Å²) < 4.78 is 10.9. The largest absolute Gasteiger partial charge is 0.453 e. The lowest BCUT2D eigenvalue weighted by Gasteiger charge is -2.37. The minimum atomic E-state index is -0.472. The number of amides is 3. The average molecular weight is 510 g/mol. The smallest absolute Gasteiger partial charge is 0.406 e. The Bertz CT molecular complexity index is 786. The van der Waals surface area contributed by atoms with Crippen molar-refractivity contribution in [3.63, 3.8) is 0 Å². The highest BCUT2D eigenvalue weighted by atomic mass is 32.1. The number of carbonyl (C=O) groups is 2. The van der Waals surface area contributed by atoms with Crippen LogP contribution in [-0.2, 0) is 9.47 Å². The second-order valence-corrected chi connectivity index (χ2v) is 10.7. The van der Waals surface area contributed by atoms with Gasteiger partial charge in [0.15, 0.2) is 0 Å². The Balaban J connectivity index is 1.58. The molecule has 2 fully saturated rings. The van der Waals surface area contributed by atoms with Crippen LogP contribution in [0.25, 0.3) is 0 Å². The van der Waals surface area contributed by atoms with Crippen molar-refractivity contribution in [3.05, 3.63) is 16.1 Å². The fourth-order valence-corrected chi connectivity index (χ4v) is 6.23. The van der Waals surface area contributed by atoms with Gasteiger partial charge in [-0.2, -0.15) is 0 Å². The molecular weight excluding hydrogens is 466 g/mol. The third kappa shape index (κ3) is 8.91. The number of rotatable bonds is 11. The van der Waals surface area contributed by atoms with Crippen LogP contribution in [0.1, 0.15) is 68.2 Å². The van der Waals surface area contributed by atoms with Gasteiger partial charge in [0.05, 0.1) is 13.7 Å². The molecule has 35 heavy (non-hydrogen) atoms. The molecule has 0 bridgehead atoms. The third-order valence-electron chi connectivity index (χ3n) is 7.03. The number of ether oxygens (including phenoxy) is 2. The van der Waals surface area contributed by atoms with Gasteiger partial charge in [-0.1, -0.05) is 32.1 Å². The van der Waals surface area contributed by atoms with Crippen LogP contribution in [0.3, 0.4) is 0 Å². The summed E-state index contributed by atoms with van der Waals surface area (Å²) in [5.74, 6) is 0.861. The summed E-state index contributed by atoms with van der Waals surface area (Å²) in [6.45, 7) is 4.87. The van der Waals surface area contributed by atoms with Crippen LogP contribution in [0.4, 0.5) is 9.59 Å². The standard InChI is InChI=1S/C25H43N5O4S/c1-18-17-35-23(28-18)22(34-13-11-27-25(32)33-3)20-10-7-12-30(16-20)24(31)29-21(15-26-2)14-19-8-5-4-6-9-19/h17,19-22,26H,4-16H2,1-3H3,(H,27,32)(H,29,31)/t20-,21+,22+/m1/s1. The molecule has 1 saturated carbocycles. The summed E-state index contributed by atoms with van der Waals surface area (Å²) in [4.78, 5) is 31.3. The Morgan fingerprint density at radius 1 is 1.23 bits per heavy atom. The molecule has 0 radical (unpaired) electrons. The first-order valence-electron chi connectivity index (χ1n) is 13.1. The number of methoxy groups -OCH3 is 1. The number of aromatic nitrogens is 1. The zero-order chi connectivity index (χ0) is 25.0. The number of likely N-dealkylation sites (tertiary alicyclic amines) is 1. The van der Waals surface area contributed by atoms with Crippen molar-refractivity contribution in [1.82, 2.24) is 25.8 Å². The van der Waals surface area contributed by atoms with E-state index >= 15 is 0 Å². The highest BCUT2D eigenvalue weighted by Gasteiger charge is 2.33. The summed E-state index contributed by atoms with van der Waals surface area (Å²) in [5, 5.41) is 12.2.